The molecule has 0 aromatic heterocycles. The molecule has 98 valence electrons. The van der Waals surface area contributed by atoms with Gasteiger partial charge < -0.3 is 15.4 Å². The van der Waals surface area contributed by atoms with E-state index in [9.17, 15) is 4.79 Å². The summed E-state index contributed by atoms with van der Waals surface area (Å²) in [6.07, 6.45) is 1.26. The topological polar surface area (TPSA) is 101 Å². The summed E-state index contributed by atoms with van der Waals surface area (Å²) in [6, 6.07) is 0.189. The van der Waals surface area contributed by atoms with Crippen LogP contribution < -0.4 is 21.9 Å². The number of nitrogens with one attached hydrogen (secondary N) is 3. The maximum absolute atomic E-state index is 11.0. The minimum absolute atomic E-state index is 0.0704. The zero-order valence-electron chi connectivity index (χ0n) is 10.3. The monoisotopic (exact) mass is 243 g/mol. The lowest BCUT2D eigenvalue weighted by atomic mass is 10.1. The van der Waals surface area contributed by atoms with Gasteiger partial charge in [-0.2, -0.15) is 0 Å². The highest BCUT2D eigenvalue weighted by atomic mass is 16.5. The SMILES string of the molecule is COCC(C)NC(=NC1CCC(=O)NC1)NN. The number of nitrogens with two attached hydrogens (primary N) is 1. The second kappa shape index (κ2) is 7.08. The summed E-state index contributed by atoms with van der Waals surface area (Å²) in [4.78, 5) is 15.4. The maximum Gasteiger partial charge on any atom is 0.220 e. The highest BCUT2D eigenvalue weighted by Gasteiger charge is 2.17. The molecule has 7 heteroatoms. The fourth-order valence-electron chi connectivity index (χ4n) is 1.65. The van der Waals surface area contributed by atoms with E-state index in [-0.39, 0.29) is 18.0 Å². The lowest BCUT2D eigenvalue weighted by Crippen LogP contribution is -2.48. The van der Waals surface area contributed by atoms with Crippen molar-refractivity contribution < 1.29 is 9.53 Å². The van der Waals surface area contributed by atoms with Crippen LogP contribution in [0, 0.1) is 0 Å². The summed E-state index contributed by atoms with van der Waals surface area (Å²) in [7, 11) is 1.64. The number of guanidine groups is 1. The third-order valence-corrected chi connectivity index (χ3v) is 2.49. The minimum Gasteiger partial charge on any atom is -0.383 e. The first-order valence-corrected chi connectivity index (χ1v) is 5.72. The highest BCUT2D eigenvalue weighted by molar-refractivity contribution is 5.80. The van der Waals surface area contributed by atoms with Crippen LogP contribution in [0.5, 0.6) is 0 Å². The molecule has 1 saturated heterocycles. The van der Waals surface area contributed by atoms with Gasteiger partial charge in [-0.1, -0.05) is 0 Å². The third-order valence-electron chi connectivity index (χ3n) is 2.49. The molecule has 5 N–H and O–H groups in total. The van der Waals surface area contributed by atoms with Gasteiger partial charge in [-0.05, 0) is 13.3 Å². The molecule has 0 saturated carbocycles. The van der Waals surface area contributed by atoms with Crippen LogP contribution in [0.25, 0.3) is 0 Å². The number of nitrogens with zero attached hydrogens (tertiary/aromatic N) is 1. The van der Waals surface area contributed by atoms with Crippen molar-refractivity contribution in [2.24, 2.45) is 10.8 Å². The molecule has 2 unspecified atom stereocenters. The molecular weight excluding hydrogens is 222 g/mol. The van der Waals surface area contributed by atoms with Crippen LogP contribution in [0.4, 0.5) is 0 Å². The molecule has 0 aliphatic carbocycles. The normalized spacial score (nSPS) is 22.9. The quantitative estimate of drug-likeness (QED) is 0.213. The van der Waals surface area contributed by atoms with Crippen molar-refractivity contribution in [2.45, 2.75) is 31.8 Å². The Balaban J connectivity index is 2.45. The molecule has 1 rings (SSSR count). The first-order chi connectivity index (χ1) is 8.15. The van der Waals surface area contributed by atoms with Crippen molar-refractivity contribution in [2.75, 3.05) is 20.3 Å². The average molecular weight is 243 g/mol. The fraction of sp³-hybridized carbons (Fsp3) is 0.800. The molecule has 1 heterocycles. The molecule has 0 spiro atoms. The number of hydrogen-bond donors (Lipinski definition) is 4. The minimum atomic E-state index is 0.0704. The van der Waals surface area contributed by atoms with Gasteiger partial charge in [0, 0.05) is 26.1 Å². The number of amides is 1. The summed E-state index contributed by atoms with van der Waals surface area (Å²) < 4.78 is 5.01. The van der Waals surface area contributed by atoms with Crippen LogP contribution >= 0.6 is 0 Å². The van der Waals surface area contributed by atoms with Crippen LogP contribution in [0.3, 0.4) is 0 Å². The summed E-state index contributed by atoms with van der Waals surface area (Å²) >= 11 is 0. The van der Waals surface area contributed by atoms with Crippen molar-refractivity contribution in [1.82, 2.24) is 16.1 Å². The predicted octanol–water partition coefficient (Wildman–Crippen LogP) is -1.29. The number of carbonyl (C=O) groups is 1. The third kappa shape index (κ3) is 5.01. The Morgan fingerprint density at radius 1 is 1.76 bits per heavy atom. The number of piperidine rings is 1. The molecule has 0 aromatic rings. The number of hydrogen-bond acceptors (Lipinski definition) is 4. The molecule has 1 aliphatic rings. The zero-order valence-corrected chi connectivity index (χ0v) is 10.3. The smallest absolute Gasteiger partial charge is 0.220 e. The molecule has 7 nitrogen and oxygen atoms in total. The predicted molar refractivity (Wildman–Crippen MR) is 65.3 cm³/mol. The molecule has 1 fully saturated rings. The van der Waals surface area contributed by atoms with E-state index in [0.29, 0.717) is 25.5 Å². The average Bonchev–Trinajstić information content (AvgIpc) is 2.31. The molecule has 0 aromatic carbocycles. The second-order valence-electron chi connectivity index (χ2n) is 4.12. The van der Waals surface area contributed by atoms with Gasteiger partial charge in [-0.15, -0.1) is 0 Å². The largest absolute Gasteiger partial charge is 0.383 e. The van der Waals surface area contributed by atoms with Crippen LogP contribution in [0.1, 0.15) is 19.8 Å². The Hall–Kier alpha value is -1.34. The number of ether oxygens (including phenoxy) is 1. The highest BCUT2D eigenvalue weighted by Crippen LogP contribution is 2.06. The van der Waals surface area contributed by atoms with Crippen LogP contribution in [-0.4, -0.2) is 44.2 Å². The molecule has 1 aliphatic heterocycles. The van der Waals surface area contributed by atoms with Gasteiger partial charge in [-0.25, -0.2) is 10.8 Å². The van der Waals surface area contributed by atoms with Gasteiger partial charge in [0.05, 0.1) is 12.6 Å². The molecule has 0 bridgehead atoms. The van der Waals surface area contributed by atoms with E-state index in [4.69, 9.17) is 10.6 Å². The summed E-state index contributed by atoms with van der Waals surface area (Å²) in [6.45, 7) is 3.10. The number of rotatable bonds is 4. The number of hydrazine groups is 1. The lowest BCUT2D eigenvalue weighted by Gasteiger charge is -2.21. The fourth-order valence-corrected chi connectivity index (χ4v) is 1.65. The maximum atomic E-state index is 11.0. The van der Waals surface area contributed by atoms with E-state index in [2.05, 4.69) is 21.1 Å². The molecular formula is C10H21N5O2. The standard InChI is InChI=1S/C10H21N5O2/c1-7(6-17-2)13-10(15-11)14-8-3-4-9(16)12-5-8/h7-8H,3-6,11H2,1-2H3,(H,12,16)(H2,13,14,15). The van der Waals surface area contributed by atoms with Gasteiger partial charge >= 0.3 is 0 Å². The van der Waals surface area contributed by atoms with Crippen LogP contribution in [0.15, 0.2) is 4.99 Å². The molecule has 2 atom stereocenters. The Labute approximate surface area is 101 Å². The van der Waals surface area contributed by atoms with Crippen molar-refractivity contribution in [3.8, 4) is 0 Å². The van der Waals surface area contributed by atoms with Crippen molar-refractivity contribution >= 4 is 11.9 Å². The van der Waals surface area contributed by atoms with E-state index in [0.717, 1.165) is 6.42 Å². The Kier molecular flexibility index (Phi) is 5.71. The Bertz CT molecular complexity index is 272. The van der Waals surface area contributed by atoms with E-state index >= 15 is 0 Å². The lowest BCUT2D eigenvalue weighted by molar-refractivity contribution is -0.122. The van der Waals surface area contributed by atoms with Crippen molar-refractivity contribution in [1.29, 1.82) is 0 Å². The Morgan fingerprint density at radius 3 is 3.06 bits per heavy atom. The van der Waals surface area contributed by atoms with E-state index in [1.807, 2.05) is 6.92 Å². The van der Waals surface area contributed by atoms with Gasteiger partial charge in [0.25, 0.3) is 0 Å². The molecule has 0 radical (unpaired) electrons. The first kappa shape index (κ1) is 13.7. The van der Waals surface area contributed by atoms with Crippen LogP contribution in [-0.2, 0) is 9.53 Å². The summed E-state index contributed by atoms with van der Waals surface area (Å²) in [5.41, 5.74) is 2.52. The number of aliphatic imine (C=N–C) groups is 1. The second-order valence-corrected chi connectivity index (χ2v) is 4.12. The molecule has 17 heavy (non-hydrogen) atoms. The van der Waals surface area contributed by atoms with E-state index in [1.165, 1.54) is 0 Å². The van der Waals surface area contributed by atoms with Crippen molar-refractivity contribution in [3.05, 3.63) is 0 Å². The number of carbonyl (C=O) groups excluding carboxylic acids is 1. The first-order valence-electron chi connectivity index (χ1n) is 5.72. The summed E-state index contributed by atoms with van der Waals surface area (Å²) in [5, 5.41) is 5.88. The summed E-state index contributed by atoms with van der Waals surface area (Å²) in [5.74, 6) is 6.00. The van der Waals surface area contributed by atoms with Crippen molar-refractivity contribution in [3.63, 3.8) is 0 Å². The molecule has 1 amide bonds. The van der Waals surface area contributed by atoms with Gasteiger partial charge in [0.15, 0.2) is 0 Å². The van der Waals surface area contributed by atoms with E-state index < -0.39 is 0 Å². The Morgan fingerprint density at radius 2 is 2.53 bits per heavy atom. The van der Waals surface area contributed by atoms with Gasteiger partial charge in [-0.3, -0.25) is 10.2 Å². The van der Waals surface area contributed by atoms with Gasteiger partial charge in [0.1, 0.15) is 0 Å². The van der Waals surface area contributed by atoms with E-state index in [1.54, 1.807) is 7.11 Å². The zero-order chi connectivity index (χ0) is 12.7. The number of methoxy groups -OCH3 is 1. The van der Waals surface area contributed by atoms with Gasteiger partial charge in [0.2, 0.25) is 11.9 Å². The van der Waals surface area contributed by atoms with Crippen LogP contribution in [0.2, 0.25) is 0 Å².